The topological polar surface area (TPSA) is 108 Å². The van der Waals surface area contributed by atoms with Crippen LogP contribution in [0.3, 0.4) is 0 Å². The normalized spacial score (nSPS) is 35.9. The molecule has 1 aromatic heterocycles. The van der Waals surface area contributed by atoms with Crippen LogP contribution in [0.1, 0.15) is 13.2 Å². The molecule has 1 unspecified atom stereocenters. The van der Waals surface area contributed by atoms with Gasteiger partial charge in [-0.1, -0.05) is 0 Å². The summed E-state index contributed by atoms with van der Waals surface area (Å²) in [6.45, 7) is 0.936. The van der Waals surface area contributed by atoms with Crippen LogP contribution in [0.5, 0.6) is 0 Å². The first-order chi connectivity index (χ1) is 8.37. The Bertz CT molecular complexity index is 552. The Morgan fingerprint density at radius 2 is 2.33 bits per heavy atom. The summed E-state index contributed by atoms with van der Waals surface area (Å²) >= 11 is 4.95. The largest absolute Gasteiger partial charge is 0.394 e. The van der Waals surface area contributed by atoms with Gasteiger partial charge in [-0.15, -0.1) is 0 Å². The van der Waals surface area contributed by atoms with Crippen molar-refractivity contribution < 1.29 is 20.1 Å². The van der Waals surface area contributed by atoms with Crippen molar-refractivity contribution in [3.63, 3.8) is 0 Å². The molecular weight excluding hydrogens is 260 g/mol. The van der Waals surface area contributed by atoms with Gasteiger partial charge in [0.05, 0.1) is 6.61 Å². The van der Waals surface area contributed by atoms with E-state index in [2.05, 4.69) is 4.98 Å². The van der Waals surface area contributed by atoms with Gasteiger partial charge >= 0.3 is 0 Å². The summed E-state index contributed by atoms with van der Waals surface area (Å²) < 4.78 is 6.76. The van der Waals surface area contributed by atoms with E-state index in [0.29, 0.717) is 0 Å². The molecule has 0 aromatic carbocycles. The molecule has 1 aliphatic rings. The quantitative estimate of drug-likeness (QED) is 0.510. The maximum atomic E-state index is 11.1. The summed E-state index contributed by atoms with van der Waals surface area (Å²) in [5, 5.41) is 29.2. The lowest BCUT2D eigenvalue weighted by Crippen LogP contribution is -2.46. The lowest BCUT2D eigenvalue weighted by Gasteiger charge is -2.25. The molecule has 1 saturated heterocycles. The Balaban J connectivity index is 2.41. The highest BCUT2D eigenvalue weighted by atomic mass is 32.1. The summed E-state index contributed by atoms with van der Waals surface area (Å²) in [4.78, 5) is 13.4. The van der Waals surface area contributed by atoms with Crippen molar-refractivity contribution in [2.45, 2.75) is 31.0 Å². The zero-order valence-corrected chi connectivity index (χ0v) is 10.4. The van der Waals surface area contributed by atoms with E-state index in [0.717, 1.165) is 0 Å². The third kappa shape index (κ3) is 2.02. The number of aliphatic hydroxyl groups is 3. The molecule has 0 spiro atoms. The van der Waals surface area contributed by atoms with E-state index in [1.807, 2.05) is 0 Å². The number of ether oxygens (including phenoxy) is 1. The summed E-state index contributed by atoms with van der Waals surface area (Å²) in [5.41, 5.74) is -1.96. The van der Waals surface area contributed by atoms with Crippen LogP contribution in [0.2, 0.25) is 0 Å². The molecule has 4 atom stereocenters. The van der Waals surface area contributed by atoms with Crippen LogP contribution in [0, 0.1) is 4.77 Å². The summed E-state index contributed by atoms with van der Waals surface area (Å²) in [6, 6.07) is 1.23. The minimum Gasteiger partial charge on any atom is -0.394 e. The maximum Gasteiger partial charge on any atom is 0.251 e. The molecule has 2 rings (SSSR count). The van der Waals surface area contributed by atoms with Crippen molar-refractivity contribution in [1.29, 1.82) is 0 Å². The molecule has 1 aromatic rings. The first-order valence-corrected chi connectivity index (χ1v) is 5.77. The Kier molecular flexibility index (Phi) is 3.39. The molecule has 4 N–H and O–H groups in total. The number of nitrogens with one attached hydrogen (secondary N) is 1. The number of hydrogen-bond acceptors (Lipinski definition) is 6. The average molecular weight is 274 g/mol. The van der Waals surface area contributed by atoms with Gasteiger partial charge in [0.2, 0.25) is 0 Å². The molecule has 1 aliphatic heterocycles. The van der Waals surface area contributed by atoms with Crippen LogP contribution >= 0.6 is 12.2 Å². The zero-order chi connectivity index (χ0) is 13.5. The summed E-state index contributed by atoms with van der Waals surface area (Å²) in [6.07, 6.45) is -1.79. The van der Waals surface area contributed by atoms with E-state index in [-0.39, 0.29) is 10.3 Å². The second-order valence-corrected chi connectivity index (χ2v) is 4.77. The third-order valence-electron chi connectivity index (χ3n) is 3.12. The van der Waals surface area contributed by atoms with E-state index < -0.39 is 30.6 Å². The molecule has 8 heteroatoms. The minimum absolute atomic E-state index is 0.0703. The summed E-state index contributed by atoms with van der Waals surface area (Å²) in [7, 11) is 0. The first-order valence-electron chi connectivity index (χ1n) is 5.36. The molecule has 0 bridgehead atoms. The third-order valence-corrected chi connectivity index (χ3v) is 3.43. The van der Waals surface area contributed by atoms with Crippen LogP contribution in [0.25, 0.3) is 0 Å². The fourth-order valence-electron chi connectivity index (χ4n) is 1.93. The van der Waals surface area contributed by atoms with Gasteiger partial charge in [0, 0.05) is 12.3 Å². The molecule has 18 heavy (non-hydrogen) atoms. The van der Waals surface area contributed by atoms with Crippen molar-refractivity contribution >= 4 is 12.2 Å². The number of H-pyrrole nitrogens is 1. The molecule has 0 radical (unpaired) electrons. The van der Waals surface area contributed by atoms with Crippen molar-refractivity contribution in [2.75, 3.05) is 6.61 Å². The molecular formula is C10H14N2O5S. The monoisotopic (exact) mass is 274 g/mol. The molecule has 2 heterocycles. The van der Waals surface area contributed by atoms with Gasteiger partial charge in [0.25, 0.3) is 5.56 Å². The number of aromatic amines is 1. The number of aromatic nitrogens is 2. The van der Waals surface area contributed by atoms with Crippen LogP contribution in [-0.2, 0) is 4.74 Å². The van der Waals surface area contributed by atoms with Crippen LogP contribution in [0.15, 0.2) is 17.1 Å². The van der Waals surface area contributed by atoms with Gasteiger partial charge < -0.3 is 20.1 Å². The molecule has 0 amide bonds. The van der Waals surface area contributed by atoms with Crippen LogP contribution in [-0.4, -0.2) is 49.3 Å². The van der Waals surface area contributed by atoms with Gasteiger partial charge in [-0.05, 0) is 19.1 Å². The fourth-order valence-corrected chi connectivity index (χ4v) is 2.20. The molecule has 1 fully saturated rings. The van der Waals surface area contributed by atoms with E-state index in [4.69, 9.17) is 22.1 Å². The standard InChI is InChI=1S/C10H14N2O5S/c1-10(16)5(4-13)17-8(7(10)15)12-3-2-6(14)11-9(12)18/h2-3,5,7-8,13,15-16H,4H2,1H3,(H,11,14,18)/t5-,7-,8-,10?/m1/s1. The SMILES string of the molecule is CC1(O)[C@H](O)[C@H](n2ccc(=O)[nH]c2=S)O[C@@H]1CO. The Morgan fingerprint density at radius 3 is 2.83 bits per heavy atom. The van der Waals surface area contributed by atoms with Gasteiger partial charge in [0.15, 0.2) is 11.0 Å². The maximum absolute atomic E-state index is 11.1. The van der Waals surface area contributed by atoms with Gasteiger partial charge in [-0.3, -0.25) is 14.3 Å². The van der Waals surface area contributed by atoms with Crippen LogP contribution in [0.4, 0.5) is 0 Å². The zero-order valence-electron chi connectivity index (χ0n) is 9.61. The predicted molar refractivity (Wildman–Crippen MR) is 63.5 cm³/mol. The van der Waals surface area contributed by atoms with E-state index in [1.54, 1.807) is 0 Å². The lowest BCUT2D eigenvalue weighted by molar-refractivity contribution is -0.0806. The highest BCUT2D eigenvalue weighted by Crippen LogP contribution is 2.36. The average Bonchev–Trinajstić information content (AvgIpc) is 2.52. The van der Waals surface area contributed by atoms with Crippen molar-refractivity contribution in [3.05, 3.63) is 27.4 Å². The van der Waals surface area contributed by atoms with Gasteiger partial charge in [-0.25, -0.2) is 0 Å². The molecule has 0 aliphatic carbocycles. The van der Waals surface area contributed by atoms with Crippen LogP contribution < -0.4 is 5.56 Å². The van der Waals surface area contributed by atoms with Crippen molar-refractivity contribution in [1.82, 2.24) is 9.55 Å². The summed E-state index contributed by atoms with van der Waals surface area (Å²) in [5.74, 6) is 0. The number of nitrogens with zero attached hydrogens (tertiary/aromatic N) is 1. The Morgan fingerprint density at radius 1 is 1.67 bits per heavy atom. The Hall–Kier alpha value is -1.06. The van der Waals surface area contributed by atoms with Gasteiger partial charge in [-0.2, -0.15) is 0 Å². The predicted octanol–water partition coefficient (Wildman–Crippen LogP) is -1.09. The molecule has 100 valence electrons. The van der Waals surface area contributed by atoms with Crippen molar-refractivity contribution in [2.24, 2.45) is 0 Å². The van der Waals surface area contributed by atoms with E-state index in [1.165, 1.54) is 23.8 Å². The number of aliphatic hydroxyl groups excluding tert-OH is 2. The lowest BCUT2D eigenvalue weighted by atomic mass is 9.95. The van der Waals surface area contributed by atoms with Gasteiger partial charge in [0.1, 0.15) is 17.8 Å². The second kappa shape index (κ2) is 4.56. The minimum atomic E-state index is -1.59. The highest BCUT2D eigenvalue weighted by Gasteiger charge is 2.52. The highest BCUT2D eigenvalue weighted by molar-refractivity contribution is 7.71. The fraction of sp³-hybridized carbons (Fsp3) is 0.600. The van der Waals surface area contributed by atoms with Crippen molar-refractivity contribution in [3.8, 4) is 0 Å². The smallest absolute Gasteiger partial charge is 0.251 e. The molecule has 7 nitrogen and oxygen atoms in total. The van der Waals surface area contributed by atoms with E-state index >= 15 is 0 Å². The first kappa shape index (κ1) is 13.4. The Labute approximate surface area is 107 Å². The van der Waals surface area contributed by atoms with E-state index in [9.17, 15) is 15.0 Å². The number of hydrogen-bond donors (Lipinski definition) is 4. The molecule has 0 saturated carbocycles. The second-order valence-electron chi connectivity index (χ2n) is 4.39. The number of rotatable bonds is 2.